The third kappa shape index (κ3) is 3.71. The maximum absolute atomic E-state index is 10.2. The molecule has 2 rings (SSSR count). The lowest BCUT2D eigenvalue weighted by atomic mass is 9.74. The summed E-state index contributed by atoms with van der Waals surface area (Å²) in [6.45, 7) is 7.01. The van der Waals surface area contributed by atoms with Crippen LogP contribution in [0.2, 0.25) is 0 Å². The summed E-state index contributed by atoms with van der Waals surface area (Å²) >= 11 is 0. The van der Waals surface area contributed by atoms with Gasteiger partial charge < -0.3 is 10.0 Å². The highest BCUT2D eigenvalue weighted by Gasteiger charge is 2.31. The van der Waals surface area contributed by atoms with E-state index < -0.39 is 0 Å². The van der Waals surface area contributed by atoms with Gasteiger partial charge >= 0.3 is 0 Å². The van der Waals surface area contributed by atoms with Gasteiger partial charge in [-0.2, -0.15) is 0 Å². The molecular formula is C16H31NO. The second kappa shape index (κ2) is 6.38. The van der Waals surface area contributed by atoms with E-state index in [2.05, 4.69) is 25.8 Å². The van der Waals surface area contributed by atoms with Crippen molar-refractivity contribution in [2.45, 2.75) is 58.5 Å². The molecule has 1 N–H and O–H groups in total. The molecule has 0 radical (unpaired) electrons. The Morgan fingerprint density at radius 2 is 1.83 bits per heavy atom. The van der Waals surface area contributed by atoms with Crippen molar-refractivity contribution in [2.75, 3.05) is 20.1 Å². The topological polar surface area (TPSA) is 23.5 Å². The molecule has 0 saturated heterocycles. The minimum absolute atomic E-state index is 0.0520. The molecule has 2 nitrogen and oxygen atoms in total. The lowest BCUT2D eigenvalue weighted by molar-refractivity contribution is 0.0185. The number of nitrogens with zero attached hydrogens (tertiary/aromatic N) is 1. The highest BCUT2D eigenvalue weighted by Crippen LogP contribution is 2.34. The van der Waals surface area contributed by atoms with Crippen molar-refractivity contribution in [1.29, 1.82) is 0 Å². The summed E-state index contributed by atoms with van der Waals surface area (Å²) in [5.41, 5.74) is 0. The summed E-state index contributed by atoms with van der Waals surface area (Å²) in [4.78, 5) is 2.47. The van der Waals surface area contributed by atoms with Crippen molar-refractivity contribution in [3.8, 4) is 0 Å². The van der Waals surface area contributed by atoms with Crippen molar-refractivity contribution >= 4 is 0 Å². The zero-order valence-corrected chi connectivity index (χ0v) is 12.4. The smallest absolute Gasteiger partial charge is 0.0580 e. The normalized spacial score (nSPS) is 34.0. The van der Waals surface area contributed by atoms with Crippen LogP contribution in [0.4, 0.5) is 0 Å². The Hall–Kier alpha value is -0.0800. The number of rotatable bonds is 5. The molecule has 0 aliphatic heterocycles. The van der Waals surface area contributed by atoms with Crippen LogP contribution in [0.3, 0.4) is 0 Å². The molecule has 0 bridgehead atoms. The Morgan fingerprint density at radius 1 is 1.11 bits per heavy atom. The van der Waals surface area contributed by atoms with E-state index in [4.69, 9.17) is 0 Å². The van der Waals surface area contributed by atoms with Crippen LogP contribution in [0.15, 0.2) is 0 Å². The predicted octanol–water partition coefficient (Wildman–Crippen LogP) is 3.15. The predicted molar refractivity (Wildman–Crippen MR) is 76.5 cm³/mol. The van der Waals surface area contributed by atoms with Gasteiger partial charge in [0.1, 0.15) is 0 Å². The van der Waals surface area contributed by atoms with Crippen molar-refractivity contribution in [3.63, 3.8) is 0 Å². The number of hydrogen-bond acceptors (Lipinski definition) is 2. The molecule has 0 aromatic carbocycles. The van der Waals surface area contributed by atoms with Crippen LogP contribution in [-0.2, 0) is 0 Å². The second-order valence-corrected chi connectivity index (χ2v) is 7.16. The summed E-state index contributed by atoms with van der Waals surface area (Å²) < 4.78 is 0. The summed E-state index contributed by atoms with van der Waals surface area (Å²) in [6, 6.07) is 0. The van der Waals surface area contributed by atoms with Gasteiger partial charge in [0, 0.05) is 13.1 Å². The van der Waals surface area contributed by atoms with Crippen molar-refractivity contribution < 1.29 is 5.11 Å². The Balaban J connectivity index is 1.77. The highest BCUT2D eigenvalue weighted by atomic mass is 16.3. The van der Waals surface area contributed by atoms with Gasteiger partial charge in [-0.3, -0.25) is 0 Å². The molecule has 2 saturated carbocycles. The molecule has 3 atom stereocenters. The Morgan fingerprint density at radius 3 is 2.39 bits per heavy atom. The zero-order valence-electron chi connectivity index (χ0n) is 12.4. The van der Waals surface area contributed by atoms with Crippen molar-refractivity contribution in [3.05, 3.63) is 0 Å². The molecule has 0 heterocycles. The fourth-order valence-corrected chi connectivity index (χ4v) is 3.68. The van der Waals surface area contributed by atoms with Gasteiger partial charge in [0.2, 0.25) is 0 Å². The standard InChI is InChI=1S/C16H31NO/c1-12(2)14-7-8-16(18)15(9-14)11-17(3)10-13-5-4-6-13/h12-16,18H,4-11H2,1-3H3. The Kier molecular flexibility index (Phi) is 5.08. The van der Waals surface area contributed by atoms with Crippen LogP contribution in [0, 0.1) is 23.7 Å². The molecule has 3 unspecified atom stereocenters. The SMILES string of the molecule is CC(C)C1CCC(O)C(CN(C)CC2CCC2)C1. The van der Waals surface area contributed by atoms with E-state index >= 15 is 0 Å². The van der Waals surface area contributed by atoms with Gasteiger partial charge in [0.15, 0.2) is 0 Å². The Bertz CT molecular complexity index is 249. The second-order valence-electron chi connectivity index (χ2n) is 7.16. The molecule has 2 aliphatic carbocycles. The molecule has 0 aromatic rings. The molecule has 0 aromatic heterocycles. The van der Waals surface area contributed by atoms with Gasteiger partial charge in [0.05, 0.1) is 6.10 Å². The first kappa shape index (κ1) is 14.3. The molecule has 2 aliphatic rings. The van der Waals surface area contributed by atoms with Gasteiger partial charge in [0.25, 0.3) is 0 Å². The van der Waals surface area contributed by atoms with Crippen LogP contribution >= 0.6 is 0 Å². The lowest BCUT2D eigenvalue weighted by Gasteiger charge is -2.38. The third-order valence-corrected chi connectivity index (χ3v) is 5.27. The van der Waals surface area contributed by atoms with Gasteiger partial charge in [-0.15, -0.1) is 0 Å². The van der Waals surface area contributed by atoms with Gasteiger partial charge in [-0.05, 0) is 62.8 Å². The fourth-order valence-electron chi connectivity index (χ4n) is 3.68. The molecule has 106 valence electrons. The summed E-state index contributed by atoms with van der Waals surface area (Å²) in [7, 11) is 2.24. The summed E-state index contributed by atoms with van der Waals surface area (Å²) in [5.74, 6) is 3.06. The van der Waals surface area contributed by atoms with E-state index in [1.54, 1.807) is 0 Å². The zero-order chi connectivity index (χ0) is 13.1. The fraction of sp³-hybridized carbons (Fsp3) is 1.00. The van der Waals surface area contributed by atoms with Crippen molar-refractivity contribution in [2.24, 2.45) is 23.7 Å². The van der Waals surface area contributed by atoms with Gasteiger partial charge in [-0.25, -0.2) is 0 Å². The maximum atomic E-state index is 10.2. The molecule has 2 heteroatoms. The first-order valence-corrected chi connectivity index (χ1v) is 7.93. The molecule has 2 fully saturated rings. The average molecular weight is 253 g/mol. The third-order valence-electron chi connectivity index (χ3n) is 5.27. The first-order chi connectivity index (χ1) is 8.56. The largest absolute Gasteiger partial charge is 0.393 e. The Labute approximate surface area is 113 Å². The lowest BCUT2D eigenvalue weighted by Crippen LogP contribution is -2.40. The van der Waals surface area contributed by atoms with E-state index in [9.17, 15) is 5.11 Å². The van der Waals surface area contributed by atoms with Crippen LogP contribution in [0.1, 0.15) is 52.4 Å². The van der Waals surface area contributed by atoms with Crippen LogP contribution in [-0.4, -0.2) is 36.2 Å². The number of hydrogen-bond donors (Lipinski definition) is 1. The summed E-state index contributed by atoms with van der Waals surface area (Å²) in [6.07, 6.45) is 7.70. The quantitative estimate of drug-likeness (QED) is 0.813. The minimum Gasteiger partial charge on any atom is -0.393 e. The van der Waals surface area contributed by atoms with Crippen molar-refractivity contribution in [1.82, 2.24) is 4.90 Å². The van der Waals surface area contributed by atoms with E-state index in [0.29, 0.717) is 5.92 Å². The van der Waals surface area contributed by atoms with E-state index in [-0.39, 0.29) is 6.10 Å². The molecule has 0 spiro atoms. The molecule has 18 heavy (non-hydrogen) atoms. The van der Waals surface area contributed by atoms with Crippen LogP contribution in [0.25, 0.3) is 0 Å². The van der Waals surface area contributed by atoms with Crippen LogP contribution < -0.4 is 0 Å². The minimum atomic E-state index is -0.0520. The van der Waals surface area contributed by atoms with Gasteiger partial charge in [-0.1, -0.05) is 20.3 Å². The number of aliphatic hydroxyl groups excluding tert-OH is 1. The molecular weight excluding hydrogens is 222 g/mol. The summed E-state index contributed by atoms with van der Waals surface area (Å²) in [5, 5.41) is 10.2. The van der Waals surface area contributed by atoms with E-state index in [0.717, 1.165) is 30.7 Å². The highest BCUT2D eigenvalue weighted by molar-refractivity contribution is 4.83. The average Bonchev–Trinajstić information content (AvgIpc) is 2.26. The first-order valence-electron chi connectivity index (χ1n) is 7.93. The molecule has 0 amide bonds. The van der Waals surface area contributed by atoms with E-state index in [1.165, 1.54) is 38.6 Å². The number of aliphatic hydroxyl groups is 1. The maximum Gasteiger partial charge on any atom is 0.0580 e. The van der Waals surface area contributed by atoms with Crippen LogP contribution in [0.5, 0.6) is 0 Å². The monoisotopic (exact) mass is 253 g/mol. The van der Waals surface area contributed by atoms with E-state index in [1.807, 2.05) is 0 Å².